The molecule has 0 saturated carbocycles. The number of aryl methyl sites for hydroxylation is 2. The quantitative estimate of drug-likeness (QED) is 0.832. The molecule has 4 rings (SSSR count). The van der Waals surface area contributed by atoms with Crippen molar-refractivity contribution < 1.29 is 4.79 Å². The van der Waals surface area contributed by atoms with Crippen molar-refractivity contribution in [2.45, 2.75) is 69.9 Å². The fourth-order valence-corrected chi connectivity index (χ4v) is 5.59. The number of fused-ring (bicyclic) bond motifs is 3. The Kier molecular flexibility index (Phi) is 5.65. The zero-order valence-corrected chi connectivity index (χ0v) is 15.3. The summed E-state index contributed by atoms with van der Waals surface area (Å²) < 4.78 is 0. The van der Waals surface area contributed by atoms with Crippen LogP contribution in [-0.2, 0) is 12.8 Å². The van der Waals surface area contributed by atoms with E-state index in [9.17, 15) is 4.79 Å². The number of carbonyl (C=O) groups excluding carboxylic acids is 1. The molecular weight excluding hydrogens is 328 g/mol. The first-order valence-corrected chi connectivity index (χ1v) is 9.79. The highest BCUT2D eigenvalue weighted by atomic mass is 35.5. The van der Waals surface area contributed by atoms with Crippen LogP contribution in [-0.4, -0.2) is 36.0 Å². The molecule has 3 aliphatic rings. The molecule has 2 fully saturated rings. The van der Waals surface area contributed by atoms with E-state index in [0.717, 1.165) is 24.4 Å². The molecule has 1 aromatic heterocycles. The SMILES string of the molecule is Cl.O=C(c1cc2c(s1)CCCCCC2)N1C2CCNCC1CC2. The second-order valence-corrected chi connectivity index (χ2v) is 8.20. The van der Waals surface area contributed by atoms with Gasteiger partial charge in [0.1, 0.15) is 0 Å². The van der Waals surface area contributed by atoms with Gasteiger partial charge >= 0.3 is 0 Å². The smallest absolute Gasteiger partial charge is 0.264 e. The molecule has 2 unspecified atom stereocenters. The second-order valence-electron chi connectivity index (χ2n) is 7.06. The van der Waals surface area contributed by atoms with Gasteiger partial charge in [-0.05, 0) is 63.1 Å². The molecule has 1 amide bonds. The normalized spacial score (nSPS) is 27.4. The lowest BCUT2D eigenvalue weighted by Gasteiger charge is -2.27. The maximum Gasteiger partial charge on any atom is 0.264 e. The largest absolute Gasteiger partial charge is 0.331 e. The fourth-order valence-electron chi connectivity index (χ4n) is 4.39. The van der Waals surface area contributed by atoms with Crippen LogP contribution >= 0.6 is 23.7 Å². The van der Waals surface area contributed by atoms with Gasteiger partial charge in [-0.2, -0.15) is 0 Å². The van der Waals surface area contributed by atoms with Crippen molar-refractivity contribution in [2.75, 3.05) is 13.1 Å². The number of thiophene rings is 1. The summed E-state index contributed by atoms with van der Waals surface area (Å²) in [5, 5.41) is 3.49. The van der Waals surface area contributed by atoms with Crippen molar-refractivity contribution in [3.63, 3.8) is 0 Å². The highest BCUT2D eigenvalue weighted by Crippen LogP contribution is 2.34. The number of rotatable bonds is 1. The first kappa shape index (κ1) is 17.2. The molecule has 3 heterocycles. The Morgan fingerprint density at radius 2 is 1.87 bits per heavy atom. The minimum absolute atomic E-state index is 0. The molecule has 2 atom stereocenters. The van der Waals surface area contributed by atoms with Gasteiger partial charge in [0.25, 0.3) is 5.91 Å². The Labute approximate surface area is 149 Å². The van der Waals surface area contributed by atoms with Crippen molar-refractivity contribution in [3.05, 3.63) is 21.4 Å². The minimum Gasteiger partial charge on any atom is -0.331 e. The molecule has 0 spiro atoms. The van der Waals surface area contributed by atoms with Gasteiger partial charge in [-0.15, -0.1) is 23.7 Å². The van der Waals surface area contributed by atoms with Crippen LogP contribution in [0.4, 0.5) is 0 Å². The van der Waals surface area contributed by atoms with Crippen molar-refractivity contribution in [1.29, 1.82) is 0 Å². The van der Waals surface area contributed by atoms with Gasteiger partial charge < -0.3 is 10.2 Å². The number of carbonyl (C=O) groups is 1. The lowest BCUT2D eigenvalue weighted by atomic mass is 9.99. The van der Waals surface area contributed by atoms with Crippen LogP contribution in [0.2, 0.25) is 0 Å². The van der Waals surface area contributed by atoms with Gasteiger partial charge in [0.15, 0.2) is 0 Å². The van der Waals surface area contributed by atoms with Crippen LogP contribution in [0.3, 0.4) is 0 Å². The second kappa shape index (κ2) is 7.54. The molecule has 0 radical (unpaired) electrons. The van der Waals surface area contributed by atoms with Crippen LogP contribution in [0.15, 0.2) is 6.07 Å². The lowest BCUT2D eigenvalue weighted by Crippen LogP contribution is -2.42. The lowest BCUT2D eigenvalue weighted by molar-refractivity contribution is 0.0685. The number of nitrogens with one attached hydrogen (secondary N) is 1. The molecule has 3 nitrogen and oxygen atoms in total. The third-order valence-corrected chi connectivity index (χ3v) is 6.82. The summed E-state index contributed by atoms with van der Waals surface area (Å²) >= 11 is 1.79. The van der Waals surface area contributed by atoms with E-state index in [2.05, 4.69) is 16.3 Å². The highest BCUT2D eigenvalue weighted by Gasteiger charge is 2.38. The molecule has 0 aromatic carbocycles. The van der Waals surface area contributed by atoms with Crippen molar-refractivity contribution in [2.24, 2.45) is 0 Å². The van der Waals surface area contributed by atoms with E-state index >= 15 is 0 Å². The van der Waals surface area contributed by atoms with Gasteiger partial charge in [-0.25, -0.2) is 0 Å². The third-order valence-electron chi connectivity index (χ3n) is 5.60. The summed E-state index contributed by atoms with van der Waals surface area (Å²) in [7, 11) is 0. The maximum absolute atomic E-state index is 13.1. The molecular formula is C18H27ClN2OS. The van der Waals surface area contributed by atoms with E-state index in [1.54, 1.807) is 11.3 Å². The fraction of sp³-hybridized carbons (Fsp3) is 0.722. The summed E-state index contributed by atoms with van der Waals surface area (Å²) in [5.74, 6) is 0.313. The summed E-state index contributed by atoms with van der Waals surface area (Å²) in [5.41, 5.74) is 1.47. The predicted octanol–water partition coefficient (Wildman–Crippen LogP) is 3.80. The van der Waals surface area contributed by atoms with Gasteiger partial charge in [-0.1, -0.05) is 12.8 Å². The number of nitrogens with zero attached hydrogens (tertiary/aromatic N) is 1. The number of amides is 1. The average molecular weight is 355 g/mol. The Hall–Kier alpha value is -0.580. The minimum atomic E-state index is 0. The summed E-state index contributed by atoms with van der Waals surface area (Å²) in [6, 6.07) is 3.12. The number of hydrogen-bond donors (Lipinski definition) is 1. The van der Waals surface area contributed by atoms with E-state index in [-0.39, 0.29) is 12.4 Å². The first-order valence-electron chi connectivity index (χ1n) is 8.98. The first-order chi connectivity index (χ1) is 10.8. The molecule has 1 aromatic rings. The van der Waals surface area contributed by atoms with Crippen LogP contribution in [0.25, 0.3) is 0 Å². The Morgan fingerprint density at radius 1 is 1.09 bits per heavy atom. The van der Waals surface area contributed by atoms with E-state index in [4.69, 9.17) is 0 Å². The average Bonchev–Trinajstić information content (AvgIpc) is 2.98. The summed E-state index contributed by atoms with van der Waals surface area (Å²) in [6.07, 6.45) is 11.1. The Balaban J connectivity index is 0.00000156. The maximum atomic E-state index is 13.1. The van der Waals surface area contributed by atoms with Gasteiger partial charge in [0.05, 0.1) is 4.88 Å². The summed E-state index contributed by atoms with van der Waals surface area (Å²) in [4.78, 5) is 17.8. The predicted molar refractivity (Wildman–Crippen MR) is 97.9 cm³/mol. The molecule has 2 saturated heterocycles. The Morgan fingerprint density at radius 3 is 2.74 bits per heavy atom. The molecule has 128 valence electrons. The van der Waals surface area contributed by atoms with E-state index in [1.807, 2.05) is 0 Å². The Bertz CT molecular complexity index is 520. The van der Waals surface area contributed by atoms with Crippen LogP contribution in [0, 0.1) is 0 Å². The van der Waals surface area contributed by atoms with Gasteiger partial charge in [0.2, 0.25) is 0 Å². The van der Waals surface area contributed by atoms with Crippen LogP contribution in [0.5, 0.6) is 0 Å². The number of halogens is 1. The zero-order chi connectivity index (χ0) is 14.9. The van der Waals surface area contributed by atoms with Gasteiger partial charge in [-0.3, -0.25) is 4.79 Å². The van der Waals surface area contributed by atoms with Crippen molar-refractivity contribution >= 4 is 29.7 Å². The van der Waals surface area contributed by atoms with Crippen molar-refractivity contribution in [1.82, 2.24) is 10.2 Å². The molecule has 23 heavy (non-hydrogen) atoms. The number of hydrogen-bond acceptors (Lipinski definition) is 3. The van der Waals surface area contributed by atoms with E-state index < -0.39 is 0 Å². The summed E-state index contributed by atoms with van der Waals surface area (Å²) in [6.45, 7) is 2.04. The molecule has 1 aliphatic carbocycles. The molecule has 1 N–H and O–H groups in total. The van der Waals surface area contributed by atoms with E-state index in [1.165, 1.54) is 61.8 Å². The third kappa shape index (κ3) is 3.45. The monoisotopic (exact) mass is 354 g/mol. The van der Waals surface area contributed by atoms with Crippen LogP contribution < -0.4 is 5.32 Å². The van der Waals surface area contributed by atoms with E-state index in [0.29, 0.717) is 18.0 Å². The molecule has 2 bridgehead atoms. The standard InChI is InChI=1S/C18H26N2OS.ClH/c21-18(20-14-7-8-15(20)12-19-10-9-14)17-11-13-5-3-1-2-4-6-16(13)22-17;/h11,14-15,19H,1-10,12H2;1H. The van der Waals surface area contributed by atoms with Crippen LogP contribution in [0.1, 0.15) is 65.1 Å². The molecule has 5 heteroatoms. The van der Waals surface area contributed by atoms with Crippen molar-refractivity contribution in [3.8, 4) is 0 Å². The highest BCUT2D eigenvalue weighted by molar-refractivity contribution is 7.14. The topological polar surface area (TPSA) is 32.3 Å². The van der Waals surface area contributed by atoms with Gasteiger partial charge in [0, 0.05) is 23.5 Å². The zero-order valence-electron chi connectivity index (χ0n) is 13.7. The molecule has 2 aliphatic heterocycles.